The fraction of sp³-hybridized carbons (Fsp3) is 0.348. The second-order valence-corrected chi connectivity index (χ2v) is 7.28. The summed E-state index contributed by atoms with van der Waals surface area (Å²) in [7, 11) is 1.55. The molecule has 0 bridgehead atoms. The fourth-order valence-electron chi connectivity index (χ4n) is 2.46. The van der Waals surface area contributed by atoms with Crippen molar-refractivity contribution < 1.29 is 28.6 Å². The molecule has 8 heteroatoms. The van der Waals surface area contributed by atoms with Crippen molar-refractivity contribution in [3.63, 3.8) is 0 Å². The Morgan fingerprint density at radius 2 is 1.68 bits per heavy atom. The Kier molecular flexibility index (Phi) is 8.87. The summed E-state index contributed by atoms with van der Waals surface area (Å²) >= 11 is 0. The highest BCUT2D eigenvalue weighted by atomic mass is 16.5. The Morgan fingerprint density at radius 3 is 2.32 bits per heavy atom. The largest absolute Gasteiger partial charge is 0.497 e. The van der Waals surface area contributed by atoms with E-state index < -0.39 is 12.1 Å². The molecule has 31 heavy (non-hydrogen) atoms. The summed E-state index contributed by atoms with van der Waals surface area (Å²) in [6.45, 7) is 5.78. The molecule has 0 fully saturated rings. The lowest BCUT2D eigenvalue weighted by Gasteiger charge is -2.14. The van der Waals surface area contributed by atoms with Gasteiger partial charge in [-0.3, -0.25) is 9.59 Å². The molecular formula is C23H28N2O6. The van der Waals surface area contributed by atoms with Gasteiger partial charge in [-0.15, -0.1) is 0 Å². The second-order valence-electron chi connectivity index (χ2n) is 7.28. The predicted molar refractivity (Wildman–Crippen MR) is 116 cm³/mol. The average Bonchev–Trinajstić information content (AvgIpc) is 2.76. The first-order valence-corrected chi connectivity index (χ1v) is 9.94. The Bertz CT molecular complexity index is 895. The van der Waals surface area contributed by atoms with Crippen LogP contribution >= 0.6 is 0 Å². The molecule has 0 aliphatic heterocycles. The van der Waals surface area contributed by atoms with Gasteiger partial charge in [-0.25, -0.2) is 4.79 Å². The number of hydrogen-bond donors (Lipinski definition) is 2. The molecule has 0 spiro atoms. The molecule has 0 aliphatic rings. The summed E-state index contributed by atoms with van der Waals surface area (Å²) < 4.78 is 15.7. The van der Waals surface area contributed by atoms with E-state index in [4.69, 9.17) is 14.2 Å². The third-order valence-corrected chi connectivity index (χ3v) is 4.15. The van der Waals surface area contributed by atoms with Gasteiger partial charge < -0.3 is 24.8 Å². The standard InChI is InChI=1S/C23H28N2O6/c1-15(2)13-24-22(27)16(3)31-23(28)17-8-10-19(11-9-17)30-14-21(26)25-18-6-5-7-20(12-18)29-4/h5-12,15-16H,13-14H2,1-4H3,(H,24,27)(H,25,26). The number of ether oxygens (including phenoxy) is 3. The van der Waals surface area contributed by atoms with E-state index in [0.717, 1.165) is 0 Å². The van der Waals surface area contributed by atoms with E-state index in [2.05, 4.69) is 10.6 Å². The van der Waals surface area contributed by atoms with E-state index in [0.29, 0.717) is 29.6 Å². The maximum atomic E-state index is 12.2. The van der Waals surface area contributed by atoms with Crippen molar-refractivity contribution in [2.75, 3.05) is 25.6 Å². The number of esters is 1. The molecule has 2 aromatic carbocycles. The van der Waals surface area contributed by atoms with Crippen LogP contribution in [0.2, 0.25) is 0 Å². The fourth-order valence-corrected chi connectivity index (χ4v) is 2.46. The molecule has 166 valence electrons. The normalized spacial score (nSPS) is 11.4. The topological polar surface area (TPSA) is 103 Å². The molecule has 0 aliphatic carbocycles. The van der Waals surface area contributed by atoms with E-state index in [9.17, 15) is 14.4 Å². The van der Waals surface area contributed by atoms with Gasteiger partial charge in [-0.2, -0.15) is 0 Å². The van der Waals surface area contributed by atoms with E-state index in [1.807, 2.05) is 13.8 Å². The van der Waals surface area contributed by atoms with Gasteiger partial charge in [-0.05, 0) is 49.2 Å². The van der Waals surface area contributed by atoms with Gasteiger partial charge >= 0.3 is 5.97 Å². The summed E-state index contributed by atoms with van der Waals surface area (Å²) in [5, 5.41) is 5.43. The molecular weight excluding hydrogens is 400 g/mol. The average molecular weight is 428 g/mol. The number of carbonyl (C=O) groups excluding carboxylic acids is 3. The van der Waals surface area contributed by atoms with Crippen LogP contribution in [0.1, 0.15) is 31.1 Å². The van der Waals surface area contributed by atoms with Crippen LogP contribution in [-0.2, 0) is 14.3 Å². The minimum absolute atomic E-state index is 0.200. The third-order valence-electron chi connectivity index (χ3n) is 4.15. The molecule has 0 radical (unpaired) electrons. The predicted octanol–water partition coefficient (Wildman–Crippen LogP) is 3.03. The number of nitrogens with one attached hydrogen (secondary N) is 2. The molecule has 0 saturated heterocycles. The summed E-state index contributed by atoms with van der Waals surface area (Å²) in [5.74, 6) is 0.0570. The summed E-state index contributed by atoms with van der Waals surface area (Å²) in [5.41, 5.74) is 0.870. The van der Waals surface area contributed by atoms with E-state index in [-0.39, 0.29) is 24.0 Å². The molecule has 8 nitrogen and oxygen atoms in total. The van der Waals surface area contributed by atoms with E-state index in [1.165, 1.54) is 19.1 Å². The molecule has 0 aromatic heterocycles. The first kappa shape index (κ1) is 23.7. The zero-order chi connectivity index (χ0) is 22.8. The number of amides is 2. The Morgan fingerprint density at radius 1 is 0.968 bits per heavy atom. The quantitative estimate of drug-likeness (QED) is 0.564. The molecule has 2 rings (SSSR count). The number of benzene rings is 2. The highest BCUT2D eigenvalue weighted by Gasteiger charge is 2.19. The zero-order valence-electron chi connectivity index (χ0n) is 18.1. The van der Waals surface area contributed by atoms with Crippen LogP contribution in [0.25, 0.3) is 0 Å². The summed E-state index contributed by atoms with van der Waals surface area (Å²) in [6, 6.07) is 13.1. The van der Waals surface area contributed by atoms with Gasteiger partial charge in [-0.1, -0.05) is 19.9 Å². The molecule has 1 atom stereocenters. The molecule has 2 amide bonds. The smallest absolute Gasteiger partial charge is 0.338 e. The third kappa shape index (κ3) is 8.00. The minimum atomic E-state index is -0.900. The first-order chi connectivity index (χ1) is 14.8. The van der Waals surface area contributed by atoms with Gasteiger partial charge in [0.15, 0.2) is 12.7 Å². The number of rotatable bonds is 10. The van der Waals surface area contributed by atoms with Crippen LogP contribution in [0, 0.1) is 5.92 Å². The highest BCUT2D eigenvalue weighted by molar-refractivity contribution is 5.93. The van der Waals surface area contributed by atoms with Crippen molar-refractivity contribution in [1.29, 1.82) is 0 Å². The molecule has 2 N–H and O–H groups in total. The minimum Gasteiger partial charge on any atom is -0.497 e. The van der Waals surface area contributed by atoms with Gasteiger partial charge in [0.25, 0.3) is 11.8 Å². The summed E-state index contributed by atoms with van der Waals surface area (Å²) in [6.07, 6.45) is -0.900. The second kappa shape index (κ2) is 11.6. The monoisotopic (exact) mass is 428 g/mol. The number of methoxy groups -OCH3 is 1. The van der Waals surface area contributed by atoms with Crippen molar-refractivity contribution in [3.8, 4) is 11.5 Å². The lowest BCUT2D eigenvalue weighted by molar-refractivity contribution is -0.129. The molecule has 2 aromatic rings. The van der Waals surface area contributed by atoms with Crippen molar-refractivity contribution in [2.24, 2.45) is 5.92 Å². The van der Waals surface area contributed by atoms with Crippen molar-refractivity contribution >= 4 is 23.5 Å². The first-order valence-electron chi connectivity index (χ1n) is 9.94. The highest BCUT2D eigenvalue weighted by Crippen LogP contribution is 2.17. The van der Waals surface area contributed by atoms with Gasteiger partial charge in [0.1, 0.15) is 11.5 Å². The summed E-state index contributed by atoms with van der Waals surface area (Å²) in [4.78, 5) is 36.2. The van der Waals surface area contributed by atoms with Crippen molar-refractivity contribution in [1.82, 2.24) is 5.32 Å². The van der Waals surface area contributed by atoms with Gasteiger partial charge in [0.2, 0.25) is 0 Å². The number of carbonyl (C=O) groups is 3. The number of hydrogen-bond acceptors (Lipinski definition) is 6. The van der Waals surface area contributed by atoms with Crippen LogP contribution in [-0.4, -0.2) is 44.1 Å². The lowest BCUT2D eigenvalue weighted by Crippen LogP contribution is -2.37. The Hall–Kier alpha value is -3.55. The molecule has 0 heterocycles. The number of anilines is 1. The van der Waals surface area contributed by atoms with E-state index >= 15 is 0 Å². The van der Waals surface area contributed by atoms with E-state index in [1.54, 1.807) is 43.5 Å². The zero-order valence-corrected chi connectivity index (χ0v) is 18.1. The maximum Gasteiger partial charge on any atom is 0.338 e. The lowest BCUT2D eigenvalue weighted by atomic mass is 10.2. The van der Waals surface area contributed by atoms with Crippen LogP contribution < -0.4 is 20.1 Å². The molecule has 1 unspecified atom stereocenters. The Balaban J connectivity index is 1.82. The van der Waals surface area contributed by atoms with Crippen LogP contribution in [0.3, 0.4) is 0 Å². The van der Waals surface area contributed by atoms with Gasteiger partial charge in [0, 0.05) is 18.3 Å². The maximum absolute atomic E-state index is 12.2. The van der Waals surface area contributed by atoms with Crippen LogP contribution in [0.4, 0.5) is 5.69 Å². The van der Waals surface area contributed by atoms with Crippen LogP contribution in [0.5, 0.6) is 11.5 Å². The van der Waals surface area contributed by atoms with Gasteiger partial charge in [0.05, 0.1) is 12.7 Å². The van der Waals surface area contributed by atoms with Crippen molar-refractivity contribution in [3.05, 3.63) is 54.1 Å². The molecule has 0 saturated carbocycles. The SMILES string of the molecule is COc1cccc(NC(=O)COc2ccc(C(=O)OC(C)C(=O)NCC(C)C)cc2)c1. The van der Waals surface area contributed by atoms with Crippen LogP contribution in [0.15, 0.2) is 48.5 Å². The Labute approximate surface area is 181 Å². The van der Waals surface area contributed by atoms with Crippen molar-refractivity contribution in [2.45, 2.75) is 26.9 Å².